The van der Waals surface area contributed by atoms with Gasteiger partial charge in [-0.3, -0.25) is 9.59 Å². The third kappa shape index (κ3) is 9.84. The summed E-state index contributed by atoms with van der Waals surface area (Å²) in [7, 11) is 0. The van der Waals surface area contributed by atoms with Crippen molar-refractivity contribution >= 4 is 23.2 Å². The first kappa shape index (κ1) is 25.9. The molecule has 2 rings (SSSR count). The van der Waals surface area contributed by atoms with Gasteiger partial charge < -0.3 is 30.4 Å². The van der Waals surface area contributed by atoms with E-state index < -0.39 is 5.97 Å². The average Bonchev–Trinajstić information content (AvgIpc) is 3.20. The van der Waals surface area contributed by atoms with Crippen molar-refractivity contribution in [2.75, 3.05) is 46.2 Å². The number of hydrogen-bond acceptors (Lipinski definition) is 8. The Kier molecular flexibility index (Phi) is 11.8. The van der Waals surface area contributed by atoms with Gasteiger partial charge in [0.05, 0.1) is 62.1 Å². The molecular weight excluding hydrogens is 434 g/mol. The molecule has 1 amide bonds. The second kappa shape index (κ2) is 14.6. The van der Waals surface area contributed by atoms with Crippen molar-refractivity contribution in [3.05, 3.63) is 41.0 Å². The highest BCUT2D eigenvalue weighted by Crippen LogP contribution is 2.28. The fourth-order valence-electron chi connectivity index (χ4n) is 2.81. The van der Waals surface area contributed by atoms with E-state index in [2.05, 4.69) is 10.3 Å². The molecule has 9 nitrogen and oxygen atoms in total. The molecule has 1 aromatic carbocycles. The number of thiazole rings is 1. The summed E-state index contributed by atoms with van der Waals surface area (Å²) in [5, 5.41) is 11.3. The van der Waals surface area contributed by atoms with Gasteiger partial charge in [0.25, 0.3) is 0 Å². The first-order valence-electron chi connectivity index (χ1n) is 10.4. The van der Waals surface area contributed by atoms with Gasteiger partial charge >= 0.3 is 5.97 Å². The molecule has 176 valence electrons. The van der Waals surface area contributed by atoms with Crippen LogP contribution in [0.15, 0.2) is 29.8 Å². The molecule has 4 N–H and O–H groups in total. The van der Waals surface area contributed by atoms with Crippen LogP contribution < -0.4 is 11.1 Å². The topological polar surface area (TPSA) is 133 Å². The highest BCUT2D eigenvalue weighted by atomic mass is 32.1. The minimum Gasteiger partial charge on any atom is -0.481 e. The van der Waals surface area contributed by atoms with Gasteiger partial charge in [0.1, 0.15) is 0 Å². The number of hydrogen-bond donors (Lipinski definition) is 3. The number of carbonyl (C=O) groups is 2. The number of aromatic nitrogens is 1. The van der Waals surface area contributed by atoms with E-state index >= 15 is 0 Å². The van der Waals surface area contributed by atoms with Gasteiger partial charge in [-0.15, -0.1) is 11.3 Å². The lowest BCUT2D eigenvalue weighted by atomic mass is 10.0. The SMILES string of the molecule is Cc1ncsc1-c1ccc([C@@H](N)CC(=O)NCCOCCOCCOCCC(=O)O)cc1. The lowest BCUT2D eigenvalue weighted by Gasteiger charge is -2.13. The second-order valence-corrected chi connectivity index (χ2v) is 7.89. The summed E-state index contributed by atoms with van der Waals surface area (Å²) in [5.74, 6) is -1.01. The number of nitrogens with zero attached hydrogens (tertiary/aromatic N) is 1. The Morgan fingerprint density at radius 3 is 2.28 bits per heavy atom. The van der Waals surface area contributed by atoms with Crippen LogP contribution in [0.5, 0.6) is 0 Å². The fourth-order valence-corrected chi connectivity index (χ4v) is 3.63. The number of benzene rings is 1. The highest BCUT2D eigenvalue weighted by Gasteiger charge is 2.12. The van der Waals surface area contributed by atoms with Crippen LogP contribution in [0.2, 0.25) is 0 Å². The first-order chi connectivity index (χ1) is 15.5. The van der Waals surface area contributed by atoms with Crippen LogP contribution in [0.1, 0.15) is 30.1 Å². The van der Waals surface area contributed by atoms with Gasteiger partial charge in [-0.25, -0.2) is 4.98 Å². The van der Waals surface area contributed by atoms with Crippen LogP contribution in [0.25, 0.3) is 10.4 Å². The standard InChI is InChI=1S/C22H31N3O6S/c1-16-22(32-15-25-16)18-4-2-17(3-5-18)19(23)14-20(26)24-7-9-30-11-13-31-12-10-29-8-6-21(27)28/h2-5,15,19H,6-14,23H2,1H3,(H,24,26)(H,27,28)/t19-/m0/s1. The highest BCUT2D eigenvalue weighted by molar-refractivity contribution is 7.13. The van der Waals surface area contributed by atoms with E-state index in [1.807, 2.05) is 36.7 Å². The number of aliphatic carboxylic acids is 1. The molecule has 0 bridgehead atoms. The van der Waals surface area contributed by atoms with Crippen molar-refractivity contribution in [2.24, 2.45) is 5.73 Å². The Morgan fingerprint density at radius 2 is 1.69 bits per heavy atom. The number of carbonyl (C=O) groups excluding carboxylic acids is 1. The van der Waals surface area contributed by atoms with Crippen molar-refractivity contribution in [1.82, 2.24) is 10.3 Å². The molecular formula is C22H31N3O6S. The summed E-state index contributed by atoms with van der Waals surface area (Å²) < 4.78 is 15.8. The number of amides is 1. The quantitative estimate of drug-likeness (QED) is 0.321. The third-order valence-corrected chi connectivity index (χ3v) is 5.50. The molecule has 0 aliphatic rings. The molecule has 0 saturated carbocycles. The van der Waals surface area contributed by atoms with Crippen LogP contribution in [0.3, 0.4) is 0 Å². The van der Waals surface area contributed by atoms with Crippen LogP contribution in [-0.2, 0) is 23.8 Å². The monoisotopic (exact) mass is 465 g/mol. The number of rotatable bonds is 16. The van der Waals surface area contributed by atoms with E-state index in [0.29, 0.717) is 39.6 Å². The molecule has 0 fully saturated rings. The Morgan fingerprint density at radius 1 is 1.06 bits per heavy atom. The predicted octanol–water partition coefficient (Wildman–Crippen LogP) is 2.15. The van der Waals surface area contributed by atoms with Gasteiger partial charge in [-0.05, 0) is 18.1 Å². The van der Waals surface area contributed by atoms with Gasteiger partial charge in [0.15, 0.2) is 0 Å². The summed E-state index contributed by atoms with van der Waals surface area (Å²) in [4.78, 5) is 27.8. The molecule has 2 aromatic rings. The third-order valence-electron chi connectivity index (χ3n) is 4.52. The van der Waals surface area contributed by atoms with Gasteiger partial charge in [0, 0.05) is 19.0 Å². The fraction of sp³-hybridized carbons (Fsp3) is 0.500. The number of aryl methyl sites for hydroxylation is 1. The lowest BCUT2D eigenvalue weighted by Crippen LogP contribution is -2.30. The van der Waals surface area contributed by atoms with Crippen molar-refractivity contribution < 1.29 is 28.9 Å². The Hall–Kier alpha value is -2.37. The number of carboxylic acid groups (broad SMARTS) is 1. The van der Waals surface area contributed by atoms with Crippen molar-refractivity contribution in [3.8, 4) is 10.4 Å². The molecule has 1 atom stereocenters. The Balaban J connectivity index is 1.51. The first-order valence-corrected chi connectivity index (χ1v) is 11.3. The molecule has 0 aliphatic heterocycles. The maximum Gasteiger partial charge on any atom is 0.305 e. The van der Waals surface area contributed by atoms with Crippen molar-refractivity contribution in [3.63, 3.8) is 0 Å². The number of ether oxygens (including phenoxy) is 3. The summed E-state index contributed by atoms with van der Waals surface area (Å²) >= 11 is 1.60. The molecule has 0 saturated heterocycles. The molecule has 10 heteroatoms. The molecule has 0 aliphatic carbocycles. The van der Waals surface area contributed by atoms with Crippen molar-refractivity contribution in [1.29, 1.82) is 0 Å². The summed E-state index contributed by atoms with van der Waals surface area (Å²) in [6, 6.07) is 7.54. The van der Waals surface area contributed by atoms with Gasteiger partial charge in [-0.1, -0.05) is 24.3 Å². The minimum absolute atomic E-state index is 0.0146. The smallest absolute Gasteiger partial charge is 0.305 e. The second-order valence-electron chi connectivity index (χ2n) is 7.03. The summed E-state index contributed by atoms with van der Waals surface area (Å²) in [6.45, 7) is 4.45. The molecule has 0 unspecified atom stereocenters. The molecule has 0 spiro atoms. The summed E-state index contributed by atoms with van der Waals surface area (Å²) in [5.41, 5.74) is 11.0. The minimum atomic E-state index is -0.884. The van der Waals surface area contributed by atoms with Gasteiger partial charge in [-0.2, -0.15) is 0 Å². The summed E-state index contributed by atoms with van der Waals surface area (Å²) in [6.07, 6.45) is 0.184. The predicted molar refractivity (Wildman–Crippen MR) is 122 cm³/mol. The molecule has 32 heavy (non-hydrogen) atoms. The van der Waals surface area contributed by atoms with E-state index in [4.69, 9.17) is 25.1 Å². The molecule has 0 radical (unpaired) electrons. The zero-order valence-corrected chi connectivity index (χ0v) is 19.1. The van der Waals surface area contributed by atoms with Crippen LogP contribution in [-0.4, -0.2) is 68.2 Å². The maximum atomic E-state index is 12.1. The number of nitrogens with one attached hydrogen (secondary N) is 1. The zero-order chi connectivity index (χ0) is 23.2. The molecule has 1 aromatic heterocycles. The Labute approximate surface area is 191 Å². The maximum absolute atomic E-state index is 12.1. The molecule has 1 heterocycles. The van der Waals surface area contributed by atoms with Crippen LogP contribution >= 0.6 is 11.3 Å². The van der Waals surface area contributed by atoms with E-state index in [0.717, 1.165) is 21.7 Å². The van der Waals surface area contributed by atoms with Gasteiger partial charge in [0.2, 0.25) is 5.91 Å². The van der Waals surface area contributed by atoms with Crippen molar-refractivity contribution in [2.45, 2.75) is 25.8 Å². The van der Waals surface area contributed by atoms with Crippen LogP contribution in [0.4, 0.5) is 0 Å². The van der Waals surface area contributed by atoms with E-state index in [-0.39, 0.29) is 31.4 Å². The number of nitrogens with two attached hydrogens (primary N) is 1. The zero-order valence-electron chi connectivity index (χ0n) is 18.2. The van der Waals surface area contributed by atoms with E-state index in [1.54, 1.807) is 11.3 Å². The Bertz CT molecular complexity index is 827. The number of carboxylic acids is 1. The van der Waals surface area contributed by atoms with E-state index in [1.165, 1.54) is 0 Å². The van der Waals surface area contributed by atoms with E-state index in [9.17, 15) is 9.59 Å². The largest absolute Gasteiger partial charge is 0.481 e. The normalized spacial score (nSPS) is 11.9. The van der Waals surface area contributed by atoms with Crippen LogP contribution in [0, 0.1) is 6.92 Å². The lowest BCUT2D eigenvalue weighted by molar-refractivity contribution is -0.138. The average molecular weight is 466 g/mol.